The summed E-state index contributed by atoms with van der Waals surface area (Å²) in [6.07, 6.45) is 0. The number of benzene rings is 2. The topological polar surface area (TPSA) is 84.5 Å². The van der Waals surface area contributed by atoms with Crippen molar-refractivity contribution in [3.63, 3.8) is 0 Å². The highest BCUT2D eigenvalue weighted by Gasteiger charge is 2.16. The van der Waals surface area contributed by atoms with Gasteiger partial charge in [0, 0.05) is 16.6 Å². The maximum atomic E-state index is 12.4. The monoisotopic (exact) mass is 400 g/mol. The Labute approximate surface area is 169 Å². The van der Waals surface area contributed by atoms with Crippen LogP contribution in [-0.2, 0) is 14.3 Å². The smallest absolute Gasteiger partial charge is 0.339 e. The predicted molar refractivity (Wildman–Crippen MR) is 111 cm³/mol. The number of thioether (sulfide) groups is 1. The minimum Gasteiger partial charge on any atom is -0.452 e. The Balaban J connectivity index is 1.92. The van der Waals surface area contributed by atoms with Crippen LogP contribution in [0.25, 0.3) is 0 Å². The molecule has 148 valence electrons. The summed E-state index contributed by atoms with van der Waals surface area (Å²) in [6.45, 7) is 5.26. The van der Waals surface area contributed by atoms with E-state index in [2.05, 4.69) is 10.6 Å². The van der Waals surface area contributed by atoms with Crippen LogP contribution in [0, 0.1) is 6.92 Å². The Bertz CT molecular complexity index is 852. The third-order valence-electron chi connectivity index (χ3n) is 3.67. The fourth-order valence-electron chi connectivity index (χ4n) is 2.38. The highest BCUT2D eigenvalue weighted by molar-refractivity contribution is 8.00. The molecule has 2 aromatic carbocycles. The lowest BCUT2D eigenvalue weighted by molar-refractivity contribution is -0.119. The number of hydrogen-bond acceptors (Lipinski definition) is 5. The second-order valence-electron chi connectivity index (χ2n) is 6.45. The van der Waals surface area contributed by atoms with Crippen LogP contribution in [0.3, 0.4) is 0 Å². The highest BCUT2D eigenvalue weighted by Crippen LogP contribution is 2.23. The van der Waals surface area contributed by atoms with Crippen LogP contribution in [0.1, 0.15) is 29.8 Å². The number of para-hydroxylation sites is 1. The first-order valence-corrected chi connectivity index (χ1v) is 9.89. The fraction of sp³-hybridized carbons (Fsp3) is 0.286. The van der Waals surface area contributed by atoms with E-state index in [0.29, 0.717) is 16.1 Å². The molecule has 2 aromatic rings. The largest absolute Gasteiger partial charge is 0.452 e. The van der Waals surface area contributed by atoms with Gasteiger partial charge in [0.2, 0.25) is 5.91 Å². The molecule has 0 radical (unpaired) electrons. The standard InChI is InChI=1S/C21H24N2O4S/c1-14(2)22-20(25)13-28-18-11-7-5-9-16(18)21(26)27-12-19(24)23-17-10-6-4-8-15(17)3/h4-11,14H,12-13H2,1-3H3,(H,22,25)(H,23,24). The van der Waals surface area contributed by atoms with Gasteiger partial charge in [-0.15, -0.1) is 11.8 Å². The molecule has 0 aliphatic rings. The first-order chi connectivity index (χ1) is 13.4. The fourth-order valence-corrected chi connectivity index (χ4v) is 3.23. The van der Waals surface area contributed by atoms with Gasteiger partial charge in [0.05, 0.1) is 11.3 Å². The van der Waals surface area contributed by atoms with E-state index in [4.69, 9.17) is 4.74 Å². The summed E-state index contributed by atoms with van der Waals surface area (Å²) < 4.78 is 5.15. The number of aryl methyl sites for hydroxylation is 1. The summed E-state index contributed by atoms with van der Waals surface area (Å²) in [4.78, 5) is 36.9. The van der Waals surface area contributed by atoms with Crippen molar-refractivity contribution >= 4 is 35.2 Å². The predicted octanol–water partition coefficient (Wildman–Crippen LogP) is 3.41. The van der Waals surface area contributed by atoms with Gasteiger partial charge in [0.1, 0.15) is 0 Å². The summed E-state index contributed by atoms with van der Waals surface area (Å²) in [5, 5.41) is 5.52. The molecule has 0 aromatic heterocycles. The summed E-state index contributed by atoms with van der Waals surface area (Å²) in [5.41, 5.74) is 1.92. The van der Waals surface area contributed by atoms with E-state index in [-0.39, 0.29) is 24.3 Å². The highest BCUT2D eigenvalue weighted by atomic mass is 32.2. The quantitative estimate of drug-likeness (QED) is 0.524. The molecular weight excluding hydrogens is 376 g/mol. The summed E-state index contributed by atoms with van der Waals surface area (Å²) >= 11 is 1.25. The van der Waals surface area contributed by atoms with Gasteiger partial charge < -0.3 is 15.4 Å². The molecule has 0 spiro atoms. The molecule has 0 saturated heterocycles. The number of nitrogens with one attached hydrogen (secondary N) is 2. The van der Waals surface area contributed by atoms with Crippen LogP contribution in [0.5, 0.6) is 0 Å². The Morgan fingerprint density at radius 1 is 1.00 bits per heavy atom. The van der Waals surface area contributed by atoms with Crippen LogP contribution >= 0.6 is 11.8 Å². The van der Waals surface area contributed by atoms with E-state index in [1.54, 1.807) is 30.3 Å². The lowest BCUT2D eigenvalue weighted by Crippen LogP contribution is -2.31. The van der Waals surface area contributed by atoms with E-state index in [1.165, 1.54) is 11.8 Å². The van der Waals surface area contributed by atoms with Crippen molar-refractivity contribution in [1.29, 1.82) is 0 Å². The number of ether oxygens (including phenoxy) is 1. The van der Waals surface area contributed by atoms with Crippen LogP contribution in [-0.4, -0.2) is 36.2 Å². The molecule has 0 heterocycles. The van der Waals surface area contributed by atoms with Gasteiger partial charge in [0.15, 0.2) is 6.61 Å². The lowest BCUT2D eigenvalue weighted by atomic mass is 10.2. The van der Waals surface area contributed by atoms with Gasteiger partial charge in [-0.25, -0.2) is 4.79 Å². The number of esters is 1. The summed E-state index contributed by atoms with van der Waals surface area (Å²) in [5.74, 6) is -0.937. The first kappa shape index (κ1) is 21.5. The van der Waals surface area contributed by atoms with Crippen molar-refractivity contribution in [3.05, 3.63) is 59.7 Å². The average Bonchev–Trinajstić information content (AvgIpc) is 2.66. The normalized spacial score (nSPS) is 10.4. The van der Waals surface area contributed by atoms with E-state index >= 15 is 0 Å². The number of carbonyl (C=O) groups excluding carboxylic acids is 3. The first-order valence-electron chi connectivity index (χ1n) is 8.90. The number of rotatable bonds is 8. The van der Waals surface area contributed by atoms with Crippen molar-refractivity contribution in [2.24, 2.45) is 0 Å². The second kappa shape index (κ2) is 10.5. The number of carbonyl (C=O) groups is 3. The molecule has 0 saturated carbocycles. The molecule has 0 atom stereocenters. The molecule has 0 bridgehead atoms. The van der Waals surface area contributed by atoms with Gasteiger partial charge in [-0.3, -0.25) is 9.59 Å². The van der Waals surface area contributed by atoms with E-state index in [0.717, 1.165) is 5.56 Å². The molecule has 7 heteroatoms. The molecule has 0 aliphatic carbocycles. The molecular formula is C21H24N2O4S. The van der Waals surface area contributed by atoms with Gasteiger partial charge in [-0.1, -0.05) is 30.3 Å². The molecule has 6 nitrogen and oxygen atoms in total. The van der Waals surface area contributed by atoms with Crippen LogP contribution < -0.4 is 10.6 Å². The summed E-state index contributed by atoms with van der Waals surface area (Å²) in [7, 11) is 0. The number of hydrogen-bond donors (Lipinski definition) is 2. The Kier molecular flexibility index (Phi) is 8.07. The zero-order valence-corrected chi connectivity index (χ0v) is 17.0. The zero-order chi connectivity index (χ0) is 20.5. The third kappa shape index (κ3) is 6.74. The van der Waals surface area contributed by atoms with E-state index < -0.39 is 11.9 Å². The average molecular weight is 401 g/mol. The lowest BCUT2D eigenvalue weighted by Gasteiger charge is -2.11. The molecule has 28 heavy (non-hydrogen) atoms. The Morgan fingerprint density at radius 2 is 1.68 bits per heavy atom. The zero-order valence-electron chi connectivity index (χ0n) is 16.2. The van der Waals surface area contributed by atoms with E-state index in [9.17, 15) is 14.4 Å². The van der Waals surface area contributed by atoms with Crippen molar-refractivity contribution in [1.82, 2.24) is 5.32 Å². The minimum absolute atomic E-state index is 0.0556. The third-order valence-corrected chi connectivity index (χ3v) is 4.74. The van der Waals surface area contributed by atoms with Crippen molar-refractivity contribution in [2.75, 3.05) is 17.7 Å². The maximum Gasteiger partial charge on any atom is 0.339 e. The summed E-state index contributed by atoms with van der Waals surface area (Å²) in [6, 6.07) is 14.3. The van der Waals surface area contributed by atoms with Crippen molar-refractivity contribution < 1.29 is 19.1 Å². The van der Waals surface area contributed by atoms with Crippen LogP contribution in [0.15, 0.2) is 53.4 Å². The van der Waals surface area contributed by atoms with Gasteiger partial charge in [-0.2, -0.15) is 0 Å². The molecule has 0 aliphatic heterocycles. The molecule has 2 amide bonds. The molecule has 0 fully saturated rings. The van der Waals surface area contributed by atoms with E-state index in [1.807, 2.05) is 39.0 Å². The van der Waals surface area contributed by atoms with Gasteiger partial charge >= 0.3 is 5.97 Å². The number of amides is 2. The van der Waals surface area contributed by atoms with Gasteiger partial charge in [0.25, 0.3) is 5.91 Å². The molecule has 2 rings (SSSR count). The van der Waals surface area contributed by atoms with Crippen LogP contribution in [0.2, 0.25) is 0 Å². The van der Waals surface area contributed by atoms with Crippen molar-refractivity contribution in [3.8, 4) is 0 Å². The maximum absolute atomic E-state index is 12.4. The second-order valence-corrected chi connectivity index (χ2v) is 7.46. The van der Waals surface area contributed by atoms with Crippen molar-refractivity contribution in [2.45, 2.75) is 31.7 Å². The Morgan fingerprint density at radius 3 is 2.39 bits per heavy atom. The number of anilines is 1. The minimum atomic E-state index is -0.604. The van der Waals surface area contributed by atoms with Crippen LogP contribution in [0.4, 0.5) is 5.69 Å². The molecule has 0 unspecified atom stereocenters. The van der Waals surface area contributed by atoms with Gasteiger partial charge in [-0.05, 0) is 44.5 Å². The Hall–Kier alpha value is -2.80. The molecule has 2 N–H and O–H groups in total. The SMILES string of the molecule is Cc1ccccc1NC(=O)COC(=O)c1ccccc1SCC(=O)NC(C)C.